The van der Waals surface area contributed by atoms with Crippen molar-refractivity contribution in [2.45, 2.75) is 78.2 Å². The summed E-state index contributed by atoms with van der Waals surface area (Å²) in [6, 6.07) is 0. The van der Waals surface area contributed by atoms with E-state index < -0.39 is 5.54 Å². The largest absolute Gasteiger partial charge is 0.394 e. The van der Waals surface area contributed by atoms with Crippen LogP contribution < -0.4 is 10.6 Å². The molecule has 33 heavy (non-hydrogen) atoms. The summed E-state index contributed by atoms with van der Waals surface area (Å²) in [4.78, 5) is 27.7. The van der Waals surface area contributed by atoms with Crippen molar-refractivity contribution in [3.05, 3.63) is 48.0 Å². The third kappa shape index (κ3) is 5.78. The van der Waals surface area contributed by atoms with Gasteiger partial charge in [0.1, 0.15) is 5.70 Å². The molecule has 0 aromatic carbocycles. The van der Waals surface area contributed by atoms with Gasteiger partial charge in [0, 0.05) is 24.0 Å². The zero-order chi connectivity index (χ0) is 24.2. The average Bonchev–Trinajstić information content (AvgIpc) is 3.24. The smallest absolute Gasteiger partial charge is 0.268 e. The third-order valence-corrected chi connectivity index (χ3v) is 8.13. The molecule has 6 nitrogen and oxygen atoms in total. The fourth-order valence-electron chi connectivity index (χ4n) is 5.40. The van der Waals surface area contributed by atoms with Gasteiger partial charge in [0.15, 0.2) is 0 Å². The van der Waals surface area contributed by atoms with Crippen LogP contribution in [0, 0.1) is 17.3 Å². The molecule has 182 valence electrons. The Morgan fingerprint density at radius 2 is 1.94 bits per heavy atom. The third-order valence-electron chi connectivity index (χ3n) is 8.13. The maximum absolute atomic E-state index is 13.1. The lowest BCUT2D eigenvalue weighted by molar-refractivity contribution is -0.120. The molecule has 0 bridgehead atoms. The molecule has 3 rings (SSSR count). The van der Waals surface area contributed by atoms with Gasteiger partial charge in [-0.05, 0) is 62.0 Å². The Morgan fingerprint density at radius 3 is 2.61 bits per heavy atom. The number of allylic oxidation sites excluding steroid dienone is 3. The van der Waals surface area contributed by atoms with Crippen molar-refractivity contribution in [3.63, 3.8) is 0 Å². The maximum Gasteiger partial charge on any atom is 0.268 e. The van der Waals surface area contributed by atoms with Crippen molar-refractivity contribution in [3.8, 4) is 0 Å². The van der Waals surface area contributed by atoms with Gasteiger partial charge < -0.3 is 20.6 Å². The lowest BCUT2D eigenvalue weighted by atomic mass is 9.64. The summed E-state index contributed by atoms with van der Waals surface area (Å²) in [5, 5.41) is 16.0. The van der Waals surface area contributed by atoms with Crippen molar-refractivity contribution >= 4 is 11.8 Å². The van der Waals surface area contributed by atoms with Gasteiger partial charge >= 0.3 is 0 Å². The number of nitrogens with one attached hydrogen (secondary N) is 2. The van der Waals surface area contributed by atoms with Crippen LogP contribution in [0.1, 0.15) is 72.6 Å². The van der Waals surface area contributed by atoms with E-state index in [1.54, 1.807) is 24.1 Å². The van der Waals surface area contributed by atoms with Gasteiger partial charge in [-0.2, -0.15) is 0 Å². The first kappa shape index (κ1) is 25.3. The van der Waals surface area contributed by atoms with Gasteiger partial charge in [0.2, 0.25) is 5.91 Å². The molecule has 0 radical (unpaired) electrons. The number of aliphatic hydroxyl groups excluding tert-OH is 1. The van der Waals surface area contributed by atoms with E-state index in [1.165, 1.54) is 12.8 Å². The molecule has 2 unspecified atom stereocenters. The molecule has 0 saturated heterocycles. The number of rotatable bonds is 7. The minimum absolute atomic E-state index is 0.0604. The van der Waals surface area contributed by atoms with Gasteiger partial charge in [0.25, 0.3) is 5.91 Å². The Kier molecular flexibility index (Phi) is 7.88. The Balaban J connectivity index is 1.67. The lowest BCUT2D eigenvalue weighted by Gasteiger charge is -2.42. The van der Waals surface area contributed by atoms with Crippen molar-refractivity contribution in [2.75, 3.05) is 13.2 Å². The van der Waals surface area contributed by atoms with E-state index in [2.05, 4.69) is 38.0 Å². The SMILES string of the molecule is C=C1C=CC=C(C(=O)NCC2CCCC(C)(C)C2C)N1/C=C(\C)C(=O)NC1(CO)CCCC1. The van der Waals surface area contributed by atoms with Gasteiger partial charge in [0.05, 0.1) is 12.1 Å². The van der Waals surface area contributed by atoms with Crippen LogP contribution >= 0.6 is 0 Å². The highest BCUT2D eigenvalue weighted by molar-refractivity contribution is 5.96. The van der Waals surface area contributed by atoms with Crippen LogP contribution in [0.2, 0.25) is 0 Å². The van der Waals surface area contributed by atoms with Crippen LogP contribution in [0.3, 0.4) is 0 Å². The lowest BCUT2D eigenvalue weighted by Crippen LogP contribution is -2.49. The second-order valence-corrected chi connectivity index (χ2v) is 10.8. The summed E-state index contributed by atoms with van der Waals surface area (Å²) >= 11 is 0. The number of carbonyl (C=O) groups excluding carboxylic acids is 2. The maximum atomic E-state index is 13.1. The van der Waals surface area contributed by atoms with Crippen LogP contribution in [-0.2, 0) is 9.59 Å². The number of hydrogen-bond donors (Lipinski definition) is 3. The van der Waals surface area contributed by atoms with Crippen molar-refractivity contribution in [1.29, 1.82) is 0 Å². The second-order valence-electron chi connectivity index (χ2n) is 10.8. The van der Waals surface area contributed by atoms with E-state index in [-0.39, 0.29) is 18.4 Å². The van der Waals surface area contributed by atoms with E-state index in [9.17, 15) is 14.7 Å². The summed E-state index contributed by atoms with van der Waals surface area (Å²) in [5.74, 6) is 0.603. The molecule has 0 aromatic heterocycles. The van der Waals surface area contributed by atoms with Crippen LogP contribution in [0.15, 0.2) is 48.0 Å². The van der Waals surface area contributed by atoms with Crippen molar-refractivity contribution in [1.82, 2.24) is 15.5 Å². The highest BCUT2D eigenvalue weighted by Crippen LogP contribution is 2.43. The second kappa shape index (κ2) is 10.3. The molecule has 2 amide bonds. The Morgan fingerprint density at radius 1 is 1.24 bits per heavy atom. The van der Waals surface area contributed by atoms with Crippen molar-refractivity contribution < 1.29 is 14.7 Å². The van der Waals surface area contributed by atoms with E-state index in [4.69, 9.17) is 0 Å². The Hall–Kier alpha value is -2.34. The normalized spacial score (nSPS) is 26.7. The number of carbonyl (C=O) groups is 2. The molecule has 0 spiro atoms. The molecular weight excluding hydrogens is 414 g/mol. The fraction of sp³-hybridized carbons (Fsp3) is 0.630. The van der Waals surface area contributed by atoms with E-state index in [0.717, 1.165) is 32.1 Å². The summed E-state index contributed by atoms with van der Waals surface area (Å²) in [6.45, 7) is 13.3. The van der Waals surface area contributed by atoms with Gasteiger partial charge in [-0.1, -0.05) is 52.7 Å². The van der Waals surface area contributed by atoms with Crippen LogP contribution in [0.25, 0.3) is 0 Å². The number of aliphatic hydroxyl groups is 1. The summed E-state index contributed by atoms with van der Waals surface area (Å²) in [7, 11) is 0. The first-order chi connectivity index (χ1) is 15.6. The molecule has 3 N–H and O–H groups in total. The molecule has 2 atom stereocenters. The number of hydrogen-bond acceptors (Lipinski definition) is 4. The van der Waals surface area contributed by atoms with E-state index in [0.29, 0.717) is 40.8 Å². The number of amides is 2. The predicted octanol–water partition coefficient (Wildman–Crippen LogP) is 4.16. The first-order valence-corrected chi connectivity index (χ1v) is 12.3. The minimum Gasteiger partial charge on any atom is -0.394 e. The number of nitrogens with zero attached hydrogens (tertiary/aromatic N) is 1. The topological polar surface area (TPSA) is 81.7 Å². The molecule has 0 aromatic rings. The van der Waals surface area contributed by atoms with E-state index >= 15 is 0 Å². The van der Waals surface area contributed by atoms with Crippen LogP contribution in [-0.4, -0.2) is 40.5 Å². The standard InChI is InChI=1S/C27H41N3O3/c1-19(24(32)29-27(18-31)14-6-7-15-27)17-30-20(2)10-8-12-23(30)25(33)28-16-22-11-9-13-26(4,5)21(22)3/h8,10,12,17,21-22,31H,2,6-7,9,11,13-16,18H2,1,3-5H3,(H,28,33)(H,29,32)/b19-17+. The van der Waals surface area contributed by atoms with Gasteiger partial charge in [-0.25, -0.2) is 0 Å². The highest BCUT2D eigenvalue weighted by atomic mass is 16.3. The van der Waals surface area contributed by atoms with Crippen LogP contribution in [0.4, 0.5) is 0 Å². The monoisotopic (exact) mass is 455 g/mol. The Labute approximate surface area is 198 Å². The van der Waals surface area contributed by atoms with Crippen LogP contribution in [0.5, 0.6) is 0 Å². The van der Waals surface area contributed by atoms with Gasteiger partial charge in [-0.3, -0.25) is 9.59 Å². The molecule has 2 aliphatic carbocycles. The zero-order valence-electron chi connectivity index (χ0n) is 20.7. The molecular formula is C27H41N3O3. The quantitative estimate of drug-likeness (QED) is 0.504. The molecule has 1 heterocycles. The minimum atomic E-state index is -0.536. The fourth-order valence-corrected chi connectivity index (χ4v) is 5.40. The average molecular weight is 456 g/mol. The summed E-state index contributed by atoms with van der Waals surface area (Å²) in [5.41, 5.74) is 1.30. The van der Waals surface area contributed by atoms with E-state index in [1.807, 2.05) is 12.2 Å². The van der Waals surface area contributed by atoms with Gasteiger partial charge in [-0.15, -0.1) is 0 Å². The first-order valence-electron chi connectivity index (χ1n) is 12.3. The van der Waals surface area contributed by atoms with Crippen molar-refractivity contribution in [2.24, 2.45) is 17.3 Å². The summed E-state index contributed by atoms with van der Waals surface area (Å²) in [6.07, 6.45) is 14.2. The predicted molar refractivity (Wildman–Crippen MR) is 132 cm³/mol. The molecule has 6 heteroatoms. The zero-order valence-corrected chi connectivity index (χ0v) is 20.7. The highest BCUT2D eigenvalue weighted by Gasteiger charge is 2.36. The Bertz CT molecular complexity index is 862. The molecule has 3 aliphatic rings. The summed E-state index contributed by atoms with van der Waals surface area (Å²) < 4.78 is 0. The molecule has 1 aliphatic heterocycles. The molecule has 2 saturated carbocycles. The molecule has 2 fully saturated rings.